The number of thiophene rings is 1. The first-order chi connectivity index (χ1) is 7.79. The first kappa shape index (κ1) is 12.4. The molecule has 0 aliphatic heterocycles. The molecule has 0 spiro atoms. The number of hydrogen-bond donors (Lipinski definition) is 0. The van der Waals surface area contributed by atoms with Gasteiger partial charge in [-0.15, -0.1) is 11.6 Å². The van der Waals surface area contributed by atoms with Crippen LogP contribution in [-0.4, -0.2) is 5.38 Å². The van der Waals surface area contributed by atoms with E-state index in [-0.39, 0.29) is 0 Å². The molecule has 1 heterocycles. The van der Waals surface area contributed by atoms with E-state index in [9.17, 15) is 0 Å². The predicted octanol–water partition coefficient (Wildman–Crippen LogP) is 5.11. The minimum atomic E-state index is 0.432. The lowest BCUT2D eigenvalue weighted by Gasteiger charge is -2.32. The van der Waals surface area contributed by atoms with Crippen LogP contribution in [-0.2, 0) is 6.42 Å². The molecule has 1 aliphatic carbocycles. The Labute approximate surface area is 108 Å². The molecule has 0 saturated heterocycles. The smallest absolute Gasteiger partial charge is 0.0364 e. The number of alkyl halides is 1. The summed E-state index contributed by atoms with van der Waals surface area (Å²) in [4.78, 5) is 0. The van der Waals surface area contributed by atoms with Crippen LogP contribution in [0.5, 0.6) is 0 Å². The van der Waals surface area contributed by atoms with Gasteiger partial charge in [0.2, 0.25) is 0 Å². The summed E-state index contributed by atoms with van der Waals surface area (Å²) < 4.78 is 0. The lowest BCUT2D eigenvalue weighted by Crippen LogP contribution is -2.25. The minimum absolute atomic E-state index is 0.432. The van der Waals surface area contributed by atoms with Gasteiger partial charge in [-0.3, -0.25) is 0 Å². The van der Waals surface area contributed by atoms with Gasteiger partial charge in [0, 0.05) is 5.38 Å². The predicted molar refractivity (Wildman–Crippen MR) is 73.4 cm³/mol. The van der Waals surface area contributed by atoms with Gasteiger partial charge in [0.25, 0.3) is 0 Å². The minimum Gasteiger partial charge on any atom is -0.152 e. The molecule has 2 rings (SSSR count). The van der Waals surface area contributed by atoms with Gasteiger partial charge in [-0.05, 0) is 66.3 Å². The highest BCUT2D eigenvalue weighted by Gasteiger charge is 2.27. The first-order valence-corrected chi connectivity index (χ1v) is 7.82. The molecular formula is C14H21ClS. The van der Waals surface area contributed by atoms with E-state index in [2.05, 4.69) is 23.8 Å². The molecule has 0 amide bonds. The molecule has 0 bridgehead atoms. The van der Waals surface area contributed by atoms with Gasteiger partial charge in [-0.2, -0.15) is 11.3 Å². The Morgan fingerprint density at radius 2 is 2.31 bits per heavy atom. The van der Waals surface area contributed by atoms with Gasteiger partial charge >= 0.3 is 0 Å². The summed E-state index contributed by atoms with van der Waals surface area (Å²) in [6, 6.07) is 2.24. The molecule has 0 radical (unpaired) electrons. The molecule has 1 aliphatic rings. The van der Waals surface area contributed by atoms with Crippen molar-refractivity contribution in [2.24, 2.45) is 11.8 Å². The van der Waals surface area contributed by atoms with Crippen LogP contribution in [0.25, 0.3) is 0 Å². The van der Waals surface area contributed by atoms with Crippen molar-refractivity contribution < 1.29 is 0 Å². The molecule has 1 aromatic heterocycles. The molecule has 90 valence electrons. The van der Waals surface area contributed by atoms with Gasteiger partial charge in [-0.25, -0.2) is 0 Å². The van der Waals surface area contributed by atoms with Crippen LogP contribution in [0.1, 0.15) is 44.6 Å². The zero-order valence-electron chi connectivity index (χ0n) is 9.99. The zero-order chi connectivity index (χ0) is 11.4. The summed E-state index contributed by atoms with van der Waals surface area (Å²) in [6.45, 7) is 2.31. The summed E-state index contributed by atoms with van der Waals surface area (Å²) >= 11 is 8.25. The number of hydrogen-bond acceptors (Lipinski definition) is 1. The van der Waals surface area contributed by atoms with Gasteiger partial charge in [0.15, 0.2) is 0 Å². The summed E-state index contributed by atoms with van der Waals surface area (Å²) in [7, 11) is 0. The monoisotopic (exact) mass is 256 g/mol. The van der Waals surface area contributed by atoms with Crippen LogP contribution in [0.2, 0.25) is 0 Å². The maximum Gasteiger partial charge on any atom is 0.0364 e. The van der Waals surface area contributed by atoms with Crippen LogP contribution in [0.15, 0.2) is 16.8 Å². The van der Waals surface area contributed by atoms with Crippen molar-refractivity contribution in [3.63, 3.8) is 0 Å². The van der Waals surface area contributed by atoms with E-state index in [1.165, 1.54) is 44.1 Å². The molecule has 0 nitrogen and oxygen atoms in total. The lowest BCUT2D eigenvalue weighted by molar-refractivity contribution is 0.255. The van der Waals surface area contributed by atoms with E-state index in [1.54, 1.807) is 11.3 Å². The average Bonchev–Trinajstić information content (AvgIpc) is 2.81. The fourth-order valence-corrected chi connectivity index (χ4v) is 3.84. The second-order valence-electron chi connectivity index (χ2n) is 5.03. The van der Waals surface area contributed by atoms with Crippen molar-refractivity contribution in [1.29, 1.82) is 0 Å². The fraction of sp³-hybridized carbons (Fsp3) is 0.714. The maximum atomic E-state index is 6.45. The lowest BCUT2D eigenvalue weighted by atomic mass is 9.77. The van der Waals surface area contributed by atoms with Crippen LogP contribution in [0.3, 0.4) is 0 Å². The average molecular weight is 257 g/mol. The molecule has 0 N–H and O–H groups in total. The summed E-state index contributed by atoms with van der Waals surface area (Å²) in [6.07, 6.45) is 7.76. The fourth-order valence-electron chi connectivity index (χ4n) is 2.78. The quantitative estimate of drug-likeness (QED) is 0.657. The van der Waals surface area contributed by atoms with E-state index in [4.69, 9.17) is 11.6 Å². The van der Waals surface area contributed by atoms with Crippen molar-refractivity contribution in [3.8, 4) is 0 Å². The number of rotatable bonds is 4. The van der Waals surface area contributed by atoms with Crippen LogP contribution < -0.4 is 0 Å². The largest absolute Gasteiger partial charge is 0.152 e. The Bertz CT molecular complexity index is 294. The van der Waals surface area contributed by atoms with Gasteiger partial charge in [0.05, 0.1) is 0 Å². The normalized spacial score (nSPS) is 30.5. The molecule has 1 fully saturated rings. The molecule has 3 unspecified atom stereocenters. The molecule has 1 aromatic rings. The molecular weight excluding hydrogens is 236 g/mol. The van der Waals surface area contributed by atoms with Crippen molar-refractivity contribution in [3.05, 3.63) is 22.4 Å². The Balaban J connectivity index is 1.82. The highest BCUT2D eigenvalue weighted by Crippen LogP contribution is 2.36. The second-order valence-corrected chi connectivity index (χ2v) is 6.37. The third-order valence-electron chi connectivity index (χ3n) is 3.96. The summed E-state index contributed by atoms with van der Waals surface area (Å²) in [5.74, 6) is 1.68. The SMILES string of the molecule is CCC1CCC(Cl)C(CCc2ccsc2)C1. The van der Waals surface area contributed by atoms with Crippen LogP contribution in [0.4, 0.5) is 0 Å². The molecule has 16 heavy (non-hydrogen) atoms. The van der Waals surface area contributed by atoms with Crippen molar-refractivity contribution in [1.82, 2.24) is 0 Å². The Morgan fingerprint density at radius 3 is 3.00 bits per heavy atom. The maximum absolute atomic E-state index is 6.45. The van der Waals surface area contributed by atoms with Gasteiger partial charge < -0.3 is 0 Å². The van der Waals surface area contributed by atoms with Crippen LogP contribution >= 0.6 is 22.9 Å². The Kier molecular flexibility index (Phi) is 4.72. The number of halogens is 1. The Morgan fingerprint density at radius 1 is 1.44 bits per heavy atom. The number of aryl methyl sites for hydroxylation is 1. The van der Waals surface area contributed by atoms with Crippen LogP contribution in [0, 0.1) is 11.8 Å². The van der Waals surface area contributed by atoms with Crippen molar-refractivity contribution in [2.45, 2.75) is 50.8 Å². The van der Waals surface area contributed by atoms with E-state index in [0.717, 1.165) is 11.8 Å². The third-order valence-corrected chi connectivity index (χ3v) is 5.27. The highest BCUT2D eigenvalue weighted by atomic mass is 35.5. The standard InChI is InChI=1S/C14H21ClS/c1-2-11-4-6-14(15)13(9-11)5-3-12-7-8-16-10-12/h7-8,10-11,13-14H,2-6,9H2,1H3. The van der Waals surface area contributed by atoms with E-state index < -0.39 is 0 Å². The Hall–Kier alpha value is -0.0100. The summed E-state index contributed by atoms with van der Waals surface area (Å²) in [5, 5.41) is 4.87. The first-order valence-electron chi connectivity index (χ1n) is 6.44. The van der Waals surface area contributed by atoms with Gasteiger partial charge in [0.1, 0.15) is 0 Å². The van der Waals surface area contributed by atoms with Crippen molar-refractivity contribution in [2.75, 3.05) is 0 Å². The van der Waals surface area contributed by atoms with Gasteiger partial charge in [-0.1, -0.05) is 13.3 Å². The highest BCUT2D eigenvalue weighted by molar-refractivity contribution is 7.07. The zero-order valence-corrected chi connectivity index (χ0v) is 11.6. The topological polar surface area (TPSA) is 0 Å². The van der Waals surface area contributed by atoms with E-state index in [1.807, 2.05) is 0 Å². The summed E-state index contributed by atoms with van der Waals surface area (Å²) in [5.41, 5.74) is 1.49. The third kappa shape index (κ3) is 3.24. The van der Waals surface area contributed by atoms with E-state index >= 15 is 0 Å². The molecule has 0 aromatic carbocycles. The molecule has 1 saturated carbocycles. The molecule has 3 atom stereocenters. The van der Waals surface area contributed by atoms with E-state index in [0.29, 0.717) is 5.38 Å². The molecule has 2 heteroatoms. The second kappa shape index (κ2) is 6.07. The van der Waals surface area contributed by atoms with Crippen molar-refractivity contribution >= 4 is 22.9 Å².